The van der Waals surface area contributed by atoms with E-state index in [1.165, 1.54) is 11.8 Å². The van der Waals surface area contributed by atoms with Crippen LogP contribution in [0.3, 0.4) is 0 Å². The lowest BCUT2D eigenvalue weighted by atomic mass is 9.88. The number of fused-ring (bicyclic) bond motifs is 1. The van der Waals surface area contributed by atoms with Gasteiger partial charge in [0.15, 0.2) is 0 Å². The first kappa shape index (κ1) is 22.9. The van der Waals surface area contributed by atoms with Crippen LogP contribution < -0.4 is 14.5 Å². The number of hydrogen-bond acceptors (Lipinski definition) is 4. The van der Waals surface area contributed by atoms with Gasteiger partial charge in [-0.3, -0.25) is 19.4 Å². The van der Waals surface area contributed by atoms with E-state index in [1.54, 1.807) is 4.90 Å². The molecule has 182 valence electrons. The van der Waals surface area contributed by atoms with E-state index in [4.69, 9.17) is 4.74 Å². The highest BCUT2D eigenvalue weighted by Crippen LogP contribution is 2.61. The summed E-state index contributed by atoms with van der Waals surface area (Å²) in [6, 6.07) is 21.3. The minimum atomic E-state index is -1.15. The summed E-state index contributed by atoms with van der Waals surface area (Å²) in [5.74, 6) is 1.28. The number of para-hydroxylation sites is 1. The molecule has 0 N–H and O–H groups in total. The summed E-state index contributed by atoms with van der Waals surface area (Å²) in [6.45, 7) is 10.2. The number of aryl methyl sites for hydroxylation is 1. The predicted octanol–water partition coefficient (Wildman–Crippen LogP) is 6.65. The van der Waals surface area contributed by atoms with Crippen LogP contribution in [0.5, 0.6) is 11.5 Å². The van der Waals surface area contributed by atoms with Crippen LogP contribution in [0.15, 0.2) is 72.8 Å². The number of nitrogens with zero attached hydrogens (tertiary/aromatic N) is 2. The van der Waals surface area contributed by atoms with Gasteiger partial charge >= 0.3 is 0 Å². The quantitative estimate of drug-likeness (QED) is 0.407. The van der Waals surface area contributed by atoms with Crippen molar-refractivity contribution in [2.45, 2.75) is 50.3 Å². The second-order valence-corrected chi connectivity index (χ2v) is 11.9. The Balaban J connectivity index is 1.50. The normalized spacial score (nSPS) is 23.8. The largest absolute Gasteiger partial charge is 0.457 e. The van der Waals surface area contributed by atoms with Crippen molar-refractivity contribution in [2.24, 2.45) is 0 Å². The zero-order valence-electron chi connectivity index (χ0n) is 21.0. The van der Waals surface area contributed by atoms with Gasteiger partial charge in [-0.25, -0.2) is 0 Å². The molecule has 3 heterocycles. The molecule has 0 saturated carbocycles. The lowest BCUT2D eigenvalue weighted by Crippen LogP contribution is -2.55. The van der Waals surface area contributed by atoms with Gasteiger partial charge in [-0.2, -0.15) is 0 Å². The Labute approximate surface area is 215 Å². The van der Waals surface area contributed by atoms with E-state index in [2.05, 4.69) is 45.9 Å². The molecule has 5 nitrogen and oxygen atoms in total. The van der Waals surface area contributed by atoms with Crippen molar-refractivity contribution in [3.63, 3.8) is 0 Å². The summed E-state index contributed by atoms with van der Waals surface area (Å²) in [5, 5.41) is -0.358. The van der Waals surface area contributed by atoms with Crippen LogP contribution in [-0.2, 0) is 14.5 Å². The number of anilines is 2. The molecular weight excluding hydrogens is 468 g/mol. The maximum atomic E-state index is 14.5. The van der Waals surface area contributed by atoms with Crippen LogP contribution in [0.2, 0.25) is 0 Å². The van der Waals surface area contributed by atoms with Gasteiger partial charge in [0.05, 0.1) is 16.5 Å². The van der Waals surface area contributed by atoms with Crippen molar-refractivity contribution < 1.29 is 14.3 Å². The van der Waals surface area contributed by atoms with E-state index >= 15 is 0 Å². The molecule has 3 aromatic carbocycles. The highest BCUT2D eigenvalue weighted by Gasteiger charge is 2.65. The Kier molecular flexibility index (Phi) is 4.93. The summed E-state index contributed by atoms with van der Waals surface area (Å²) in [6.07, 6.45) is 2.15. The fourth-order valence-electron chi connectivity index (χ4n) is 5.79. The molecule has 36 heavy (non-hydrogen) atoms. The maximum Gasteiger partial charge on any atom is 0.269 e. The first-order valence-electron chi connectivity index (χ1n) is 12.2. The molecule has 3 aliphatic rings. The Morgan fingerprint density at radius 2 is 1.56 bits per heavy atom. The first-order valence-corrected chi connectivity index (χ1v) is 13.1. The molecule has 0 radical (unpaired) electrons. The fraction of sp³-hybridized carbons (Fsp3) is 0.267. The van der Waals surface area contributed by atoms with E-state index in [9.17, 15) is 9.59 Å². The number of allylic oxidation sites excluding steroid dienone is 1. The summed E-state index contributed by atoms with van der Waals surface area (Å²) in [5.41, 5.74) is 5.30. The Bertz CT molecular complexity index is 1450. The molecule has 1 saturated heterocycles. The fourth-order valence-corrected chi connectivity index (χ4v) is 7.29. The monoisotopic (exact) mass is 496 g/mol. The van der Waals surface area contributed by atoms with Crippen molar-refractivity contribution in [3.05, 3.63) is 89.5 Å². The Hall–Kier alpha value is -3.51. The van der Waals surface area contributed by atoms with Crippen molar-refractivity contribution in [3.8, 4) is 11.5 Å². The van der Waals surface area contributed by atoms with Gasteiger partial charge < -0.3 is 4.74 Å². The van der Waals surface area contributed by atoms with E-state index in [0.717, 1.165) is 33.7 Å². The molecule has 3 aromatic rings. The van der Waals surface area contributed by atoms with Gasteiger partial charge in [-0.05, 0) is 88.2 Å². The van der Waals surface area contributed by atoms with Gasteiger partial charge in [0, 0.05) is 16.8 Å². The topological polar surface area (TPSA) is 49.9 Å². The molecule has 2 amide bonds. The average Bonchev–Trinajstić information content (AvgIpc) is 3.24. The van der Waals surface area contributed by atoms with Crippen LogP contribution in [0.25, 0.3) is 5.57 Å². The summed E-state index contributed by atoms with van der Waals surface area (Å²) in [7, 11) is 0. The summed E-state index contributed by atoms with van der Waals surface area (Å²) < 4.78 is 5.96. The van der Waals surface area contributed by atoms with Crippen molar-refractivity contribution >= 4 is 40.5 Å². The zero-order valence-corrected chi connectivity index (χ0v) is 21.8. The molecule has 1 spiro atoms. The number of ether oxygens (including phenoxy) is 1. The number of thioether (sulfide) groups is 1. The van der Waals surface area contributed by atoms with E-state index in [0.29, 0.717) is 11.4 Å². The summed E-state index contributed by atoms with van der Waals surface area (Å²) in [4.78, 5) is 30.6. The smallest absolute Gasteiger partial charge is 0.269 e. The van der Waals surface area contributed by atoms with Crippen LogP contribution in [0.4, 0.5) is 11.4 Å². The van der Waals surface area contributed by atoms with Crippen molar-refractivity contribution in [1.82, 2.24) is 0 Å². The SMILES string of the molecule is CC1=CC(C)(C)N2C(=O)[C@@]3(S[C@H](C)C(=O)N3c3ccc(Oc4ccccc4)cc3)c3cc(C)cc1c32. The number of amides is 2. The van der Waals surface area contributed by atoms with E-state index in [1.807, 2.05) is 66.4 Å². The van der Waals surface area contributed by atoms with E-state index < -0.39 is 10.4 Å². The minimum absolute atomic E-state index is 0.0644. The minimum Gasteiger partial charge on any atom is -0.457 e. The molecule has 6 rings (SSSR count). The second kappa shape index (κ2) is 7.74. The van der Waals surface area contributed by atoms with Gasteiger partial charge in [-0.15, -0.1) is 11.8 Å². The van der Waals surface area contributed by atoms with Crippen LogP contribution in [0.1, 0.15) is 44.4 Å². The molecular formula is C30H28N2O3S. The zero-order chi connectivity index (χ0) is 25.4. The van der Waals surface area contributed by atoms with Crippen LogP contribution in [-0.4, -0.2) is 22.6 Å². The molecule has 0 unspecified atom stereocenters. The third kappa shape index (κ3) is 3.10. The highest BCUT2D eigenvalue weighted by molar-refractivity contribution is 8.03. The first-order chi connectivity index (χ1) is 17.1. The number of benzene rings is 3. The standard InChI is InChI=1S/C30H28N2O3S/c1-18-15-24-19(2)17-29(4,5)32-26(24)25(16-18)30(28(32)34)31(27(33)20(3)36-30)21-11-13-23(14-12-21)35-22-9-7-6-8-10-22/h6-17,20H,1-5H3/t20-,30+/m1/s1. The third-order valence-corrected chi connectivity index (χ3v) is 8.68. The Morgan fingerprint density at radius 3 is 2.25 bits per heavy atom. The molecule has 3 aliphatic heterocycles. The molecule has 0 bridgehead atoms. The van der Waals surface area contributed by atoms with Crippen molar-refractivity contribution in [1.29, 1.82) is 0 Å². The van der Waals surface area contributed by atoms with Gasteiger partial charge in [0.2, 0.25) is 10.8 Å². The third-order valence-electron chi connectivity index (χ3n) is 7.21. The Morgan fingerprint density at radius 1 is 0.889 bits per heavy atom. The molecule has 0 aliphatic carbocycles. The maximum absolute atomic E-state index is 14.5. The average molecular weight is 497 g/mol. The molecule has 6 heteroatoms. The number of carbonyl (C=O) groups excluding carboxylic acids is 2. The van der Waals surface area contributed by atoms with Gasteiger partial charge in [0.1, 0.15) is 11.5 Å². The van der Waals surface area contributed by atoms with E-state index in [-0.39, 0.29) is 17.1 Å². The molecule has 2 atom stereocenters. The van der Waals surface area contributed by atoms with Gasteiger partial charge in [-0.1, -0.05) is 30.3 Å². The highest BCUT2D eigenvalue weighted by atomic mass is 32.2. The lowest BCUT2D eigenvalue weighted by Gasteiger charge is -2.40. The summed E-state index contributed by atoms with van der Waals surface area (Å²) >= 11 is 1.44. The predicted molar refractivity (Wildman–Crippen MR) is 146 cm³/mol. The van der Waals surface area contributed by atoms with Crippen LogP contribution >= 0.6 is 11.8 Å². The second-order valence-electron chi connectivity index (χ2n) is 10.3. The van der Waals surface area contributed by atoms with Crippen LogP contribution in [0, 0.1) is 6.92 Å². The molecule has 0 aromatic heterocycles. The van der Waals surface area contributed by atoms with Gasteiger partial charge in [0.25, 0.3) is 5.91 Å². The molecule has 1 fully saturated rings. The number of rotatable bonds is 3. The number of hydrogen-bond donors (Lipinski definition) is 0. The lowest BCUT2D eigenvalue weighted by molar-refractivity contribution is -0.124. The van der Waals surface area contributed by atoms with Crippen molar-refractivity contribution in [2.75, 3.05) is 9.80 Å². The number of carbonyl (C=O) groups is 2.